The second-order valence-corrected chi connectivity index (χ2v) is 10.6. The molecular weight excluding hydrogens is 484 g/mol. The van der Waals surface area contributed by atoms with Gasteiger partial charge in [0.15, 0.2) is 0 Å². The summed E-state index contributed by atoms with van der Waals surface area (Å²) >= 11 is 1.28. The number of nitro groups is 1. The number of nitro benzene ring substituents is 1. The first-order valence-electron chi connectivity index (χ1n) is 13.9. The van der Waals surface area contributed by atoms with Crippen LogP contribution in [0.2, 0.25) is 0 Å². The van der Waals surface area contributed by atoms with E-state index in [2.05, 4.69) is 22.1 Å². The maximum absolute atomic E-state index is 10.9. The minimum Gasteiger partial charge on any atom is -0.494 e. The summed E-state index contributed by atoms with van der Waals surface area (Å²) < 4.78 is 6.58. The van der Waals surface area contributed by atoms with E-state index in [-0.39, 0.29) is 5.69 Å². The average Bonchev–Trinajstić information content (AvgIpc) is 3.32. The summed E-state index contributed by atoms with van der Waals surface area (Å²) in [6, 6.07) is 12.1. The predicted octanol–water partition coefficient (Wildman–Crippen LogP) is 10.5. The number of unbranched alkanes of at least 4 members (excludes halogenated alkanes) is 13. The molecule has 2 aromatic carbocycles. The Morgan fingerprint density at radius 3 is 2.00 bits per heavy atom. The van der Waals surface area contributed by atoms with Gasteiger partial charge < -0.3 is 4.74 Å². The Bertz CT molecular complexity index is 1100. The molecule has 0 spiro atoms. The van der Waals surface area contributed by atoms with Crippen molar-refractivity contribution in [3.63, 3.8) is 0 Å². The average molecular weight is 525 g/mol. The van der Waals surface area contributed by atoms with E-state index in [1.165, 1.54) is 107 Å². The van der Waals surface area contributed by atoms with Gasteiger partial charge in [-0.1, -0.05) is 102 Å². The van der Waals surface area contributed by atoms with Crippen molar-refractivity contribution in [2.75, 3.05) is 6.61 Å². The summed E-state index contributed by atoms with van der Waals surface area (Å²) in [5.74, 6) is 0.834. The van der Waals surface area contributed by atoms with Crippen molar-refractivity contribution in [3.05, 3.63) is 52.6 Å². The van der Waals surface area contributed by atoms with E-state index in [1.807, 2.05) is 24.3 Å². The van der Waals surface area contributed by atoms with Crippen molar-refractivity contribution in [1.82, 2.24) is 4.98 Å². The van der Waals surface area contributed by atoms with Gasteiger partial charge in [0, 0.05) is 12.1 Å². The number of azo groups is 1. The van der Waals surface area contributed by atoms with Crippen LogP contribution in [0.25, 0.3) is 10.2 Å². The summed E-state index contributed by atoms with van der Waals surface area (Å²) in [6.45, 7) is 3.01. The highest BCUT2D eigenvalue weighted by molar-refractivity contribution is 7.21. The molecule has 3 rings (SSSR count). The molecule has 0 aliphatic rings. The van der Waals surface area contributed by atoms with Crippen LogP contribution in [0, 0.1) is 10.1 Å². The Morgan fingerprint density at radius 2 is 1.41 bits per heavy atom. The fourth-order valence-electron chi connectivity index (χ4n) is 4.25. The van der Waals surface area contributed by atoms with E-state index < -0.39 is 4.92 Å². The topological polar surface area (TPSA) is 90.0 Å². The molecule has 7 nitrogen and oxygen atoms in total. The summed E-state index contributed by atoms with van der Waals surface area (Å²) in [7, 11) is 0. The summed E-state index contributed by atoms with van der Waals surface area (Å²) in [6.07, 6.45) is 18.9. The molecule has 37 heavy (non-hydrogen) atoms. The molecule has 0 saturated heterocycles. The maximum atomic E-state index is 10.9. The molecule has 3 aromatic rings. The monoisotopic (exact) mass is 524 g/mol. The number of fused-ring (bicyclic) bond motifs is 1. The van der Waals surface area contributed by atoms with E-state index in [0.717, 1.165) is 23.5 Å². The fourth-order valence-corrected chi connectivity index (χ4v) is 5.07. The molecule has 8 heteroatoms. The van der Waals surface area contributed by atoms with Gasteiger partial charge in [-0.2, -0.15) is 0 Å². The number of benzene rings is 2. The van der Waals surface area contributed by atoms with Gasteiger partial charge >= 0.3 is 0 Å². The van der Waals surface area contributed by atoms with Crippen molar-refractivity contribution in [1.29, 1.82) is 0 Å². The van der Waals surface area contributed by atoms with Crippen molar-refractivity contribution >= 4 is 38.1 Å². The standard InChI is InChI=1S/C29H40N4O3S/c1-2-3-4-5-6-7-8-9-10-11-12-13-14-15-22-36-26-19-16-24(17-20-26)31-32-29-30-27-21-18-25(33(34)35)23-28(27)37-29/h16-21,23H,2-15,22H2,1H3. The second kappa shape index (κ2) is 16.8. The van der Waals surface area contributed by atoms with E-state index in [1.54, 1.807) is 6.07 Å². The van der Waals surface area contributed by atoms with Gasteiger partial charge in [0.1, 0.15) is 5.75 Å². The van der Waals surface area contributed by atoms with E-state index in [0.29, 0.717) is 16.3 Å². The first-order valence-corrected chi connectivity index (χ1v) is 14.7. The number of ether oxygens (including phenoxy) is 1. The third-order valence-electron chi connectivity index (χ3n) is 6.43. The number of thiazole rings is 1. The normalized spacial score (nSPS) is 11.5. The van der Waals surface area contributed by atoms with Gasteiger partial charge in [0.05, 0.1) is 27.4 Å². The largest absolute Gasteiger partial charge is 0.494 e. The first-order chi connectivity index (χ1) is 18.2. The minimum atomic E-state index is -0.413. The molecule has 1 heterocycles. The zero-order valence-corrected chi connectivity index (χ0v) is 22.9. The Balaban J connectivity index is 1.23. The molecule has 200 valence electrons. The molecular formula is C29H40N4O3S. The summed E-state index contributed by atoms with van der Waals surface area (Å²) in [4.78, 5) is 14.9. The number of rotatable bonds is 19. The SMILES string of the molecule is CCCCCCCCCCCCCCCCOc1ccc(N=Nc2nc3ccc([N+](=O)[O-])cc3s2)cc1. The Labute approximate surface area is 224 Å². The van der Waals surface area contributed by atoms with Crippen LogP contribution >= 0.6 is 11.3 Å². The fraction of sp³-hybridized carbons (Fsp3) is 0.552. The van der Waals surface area contributed by atoms with Crippen LogP contribution in [0.1, 0.15) is 96.8 Å². The van der Waals surface area contributed by atoms with Crippen LogP contribution in [-0.2, 0) is 0 Å². The first kappa shape index (κ1) is 28.7. The molecule has 0 radical (unpaired) electrons. The Kier molecular flexibility index (Phi) is 13.0. The van der Waals surface area contributed by atoms with Crippen LogP contribution in [0.3, 0.4) is 0 Å². The highest BCUT2D eigenvalue weighted by atomic mass is 32.1. The quantitative estimate of drug-likeness (QED) is 0.0675. The van der Waals surface area contributed by atoms with Crippen molar-refractivity contribution in [2.45, 2.75) is 96.8 Å². The van der Waals surface area contributed by atoms with E-state index >= 15 is 0 Å². The number of hydrogen-bond acceptors (Lipinski definition) is 7. The molecule has 0 fully saturated rings. The number of hydrogen-bond donors (Lipinski definition) is 0. The number of non-ortho nitro benzene ring substituents is 1. The van der Waals surface area contributed by atoms with Gasteiger partial charge in [-0.05, 0) is 36.8 Å². The predicted molar refractivity (Wildman–Crippen MR) is 153 cm³/mol. The molecule has 0 unspecified atom stereocenters. The number of aromatic nitrogens is 1. The van der Waals surface area contributed by atoms with Crippen molar-refractivity contribution < 1.29 is 9.66 Å². The molecule has 0 atom stereocenters. The van der Waals surface area contributed by atoms with Gasteiger partial charge in [0.25, 0.3) is 5.69 Å². The second-order valence-electron chi connectivity index (χ2n) is 9.54. The third kappa shape index (κ3) is 11.0. The Morgan fingerprint density at radius 1 is 0.811 bits per heavy atom. The highest BCUT2D eigenvalue weighted by Crippen LogP contribution is 2.32. The zero-order valence-electron chi connectivity index (χ0n) is 22.1. The molecule has 0 saturated carbocycles. The molecule has 1 aromatic heterocycles. The van der Waals surface area contributed by atoms with Crippen molar-refractivity contribution in [3.8, 4) is 5.75 Å². The van der Waals surface area contributed by atoms with Gasteiger partial charge in [-0.15, -0.1) is 10.2 Å². The van der Waals surface area contributed by atoms with Crippen LogP contribution in [0.4, 0.5) is 16.5 Å². The molecule has 0 aliphatic carbocycles. The minimum absolute atomic E-state index is 0.0457. The summed E-state index contributed by atoms with van der Waals surface area (Å²) in [5.41, 5.74) is 1.43. The summed E-state index contributed by atoms with van der Waals surface area (Å²) in [5, 5.41) is 19.8. The van der Waals surface area contributed by atoms with Crippen LogP contribution in [-0.4, -0.2) is 16.5 Å². The van der Waals surface area contributed by atoms with E-state index in [4.69, 9.17) is 4.74 Å². The van der Waals surface area contributed by atoms with Crippen molar-refractivity contribution in [2.24, 2.45) is 10.2 Å². The lowest BCUT2D eigenvalue weighted by atomic mass is 10.0. The molecule has 0 aliphatic heterocycles. The molecule has 0 amide bonds. The molecule has 0 N–H and O–H groups in total. The lowest BCUT2D eigenvalue weighted by Gasteiger charge is -2.06. The zero-order chi connectivity index (χ0) is 26.1. The number of nitrogens with zero attached hydrogens (tertiary/aromatic N) is 4. The maximum Gasteiger partial charge on any atom is 0.270 e. The van der Waals surface area contributed by atoms with Gasteiger partial charge in [-0.3, -0.25) is 10.1 Å². The smallest absolute Gasteiger partial charge is 0.270 e. The van der Waals surface area contributed by atoms with Gasteiger partial charge in [0.2, 0.25) is 5.13 Å². The van der Waals surface area contributed by atoms with Gasteiger partial charge in [-0.25, -0.2) is 4.98 Å². The highest BCUT2D eigenvalue weighted by Gasteiger charge is 2.10. The van der Waals surface area contributed by atoms with Crippen LogP contribution < -0.4 is 4.74 Å². The van der Waals surface area contributed by atoms with E-state index in [9.17, 15) is 10.1 Å². The molecule has 0 bridgehead atoms. The lowest BCUT2D eigenvalue weighted by Crippen LogP contribution is -1.96. The third-order valence-corrected chi connectivity index (χ3v) is 7.33. The van der Waals surface area contributed by atoms with Crippen LogP contribution in [0.5, 0.6) is 5.75 Å². The van der Waals surface area contributed by atoms with Crippen LogP contribution in [0.15, 0.2) is 52.7 Å². The Hall–Kier alpha value is -2.87. The lowest BCUT2D eigenvalue weighted by molar-refractivity contribution is -0.384.